The molecule has 8 heteroatoms. The Morgan fingerprint density at radius 2 is 1.93 bits per heavy atom. The third kappa shape index (κ3) is 4.43. The van der Waals surface area contributed by atoms with Gasteiger partial charge in [-0.15, -0.1) is 0 Å². The van der Waals surface area contributed by atoms with Crippen molar-refractivity contribution in [2.24, 2.45) is 0 Å². The summed E-state index contributed by atoms with van der Waals surface area (Å²) in [6, 6.07) is 12.2. The summed E-state index contributed by atoms with van der Waals surface area (Å²) in [5, 5.41) is 14.0. The van der Waals surface area contributed by atoms with E-state index in [2.05, 4.69) is 29.0 Å². The maximum absolute atomic E-state index is 12.8. The Morgan fingerprint density at radius 1 is 1.21 bits per heavy atom. The van der Waals surface area contributed by atoms with Crippen molar-refractivity contribution in [2.75, 3.05) is 25.0 Å². The minimum absolute atomic E-state index is 0.0762. The van der Waals surface area contributed by atoms with Crippen LogP contribution in [0.25, 0.3) is 11.0 Å². The molecule has 0 aliphatic heterocycles. The van der Waals surface area contributed by atoms with Crippen LogP contribution in [0.1, 0.15) is 29.8 Å². The number of aryl methyl sites for hydroxylation is 1. The Hall–Kier alpha value is -3.26. The van der Waals surface area contributed by atoms with Crippen molar-refractivity contribution in [3.63, 3.8) is 0 Å². The highest BCUT2D eigenvalue weighted by Gasteiger charge is 2.18. The Morgan fingerprint density at radius 3 is 2.62 bits per heavy atom. The van der Waals surface area contributed by atoms with E-state index >= 15 is 0 Å². The number of anilines is 1. The van der Waals surface area contributed by atoms with E-state index in [1.54, 1.807) is 19.1 Å². The summed E-state index contributed by atoms with van der Waals surface area (Å²) in [7, 11) is 0. The van der Waals surface area contributed by atoms with Crippen molar-refractivity contribution in [1.82, 2.24) is 14.5 Å². The molecule has 1 aromatic heterocycles. The summed E-state index contributed by atoms with van der Waals surface area (Å²) in [4.78, 5) is 30.3. The number of hydrogen-bond donors (Lipinski definition) is 1. The number of nitrogens with one attached hydrogen (secondary N) is 1. The number of imidazole rings is 1. The SMILES string of the molecule is CCN(CC)CCn1c(NC(=O)c2ccc(C)c([N+](=O)[O-])c2)nc2ccccc21. The largest absolute Gasteiger partial charge is 0.309 e. The molecular weight excluding hydrogens is 370 g/mol. The molecule has 0 bridgehead atoms. The number of hydrogen-bond acceptors (Lipinski definition) is 5. The van der Waals surface area contributed by atoms with Gasteiger partial charge in [0.2, 0.25) is 5.95 Å². The zero-order valence-electron chi connectivity index (χ0n) is 16.9. The molecule has 0 unspecified atom stereocenters. The van der Waals surface area contributed by atoms with E-state index in [0.29, 0.717) is 18.1 Å². The second-order valence-electron chi connectivity index (χ2n) is 6.82. The minimum atomic E-state index is -0.481. The fourth-order valence-corrected chi connectivity index (χ4v) is 3.30. The molecule has 1 amide bonds. The van der Waals surface area contributed by atoms with E-state index in [1.807, 2.05) is 28.8 Å². The van der Waals surface area contributed by atoms with Crippen LogP contribution in [0.5, 0.6) is 0 Å². The van der Waals surface area contributed by atoms with Crippen molar-refractivity contribution < 1.29 is 9.72 Å². The number of aromatic nitrogens is 2. The van der Waals surface area contributed by atoms with Gasteiger partial charge in [-0.1, -0.05) is 32.0 Å². The fourth-order valence-electron chi connectivity index (χ4n) is 3.30. The molecule has 0 saturated carbocycles. The molecule has 2 aromatic carbocycles. The number of benzene rings is 2. The Balaban J connectivity index is 1.91. The van der Waals surface area contributed by atoms with Crippen molar-refractivity contribution in [1.29, 1.82) is 0 Å². The van der Waals surface area contributed by atoms with Crippen molar-refractivity contribution in [2.45, 2.75) is 27.3 Å². The lowest BCUT2D eigenvalue weighted by atomic mass is 10.1. The number of fused-ring (bicyclic) bond motifs is 1. The highest BCUT2D eigenvalue weighted by Crippen LogP contribution is 2.22. The molecule has 0 aliphatic carbocycles. The smallest absolute Gasteiger partial charge is 0.273 e. The van der Waals surface area contributed by atoms with Crippen LogP contribution in [0.4, 0.5) is 11.6 Å². The van der Waals surface area contributed by atoms with Gasteiger partial charge in [-0.05, 0) is 38.2 Å². The van der Waals surface area contributed by atoms with Gasteiger partial charge in [-0.3, -0.25) is 20.2 Å². The van der Waals surface area contributed by atoms with Gasteiger partial charge < -0.3 is 9.47 Å². The average Bonchev–Trinajstić information content (AvgIpc) is 3.06. The van der Waals surface area contributed by atoms with Gasteiger partial charge in [-0.2, -0.15) is 0 Å². The van der Waals surface area contributed by atoms with Gasteiger partial charge in [0.05, 0.1) is 16.0 Å². The first-order valence-corrected chi connectivity index (χ1v) is 9.68. The molecular formula is C21H25N5O3. The molecule has 0 fully saturated rings. The van der Waals surface area contributed by atoms with E-state index in [1.165, 1.54) is 6.07 Å². The second kappa shape index (κ2) is 8.83. The molecule has 1 heterocycles. The lowest BCUT2D eigenvalue weighted by molar-refractivity contribution is -0.385. The number of nitrogens with zero attached hydrogens (tertiary/aromatic N) is 4. The summed E-state index contributed by atoms with van der Waals surface area (Å²) in [5.74, 6) is 0.0130. The normalized spacial score (nSPS) is 11.2. The predicted molar refractivity (Wildman–Crippen MR) is 113 cm³/mol. The van der Waals surface area contributed by atoms with Crippen LogP contribution in [0.3, 0.4) is 0 Å². The van der Waals surface area contributed by atoms with Gasteiger partial charge in [-0.25, -0.2) is 4.98 Å². The predicted octanol–water partition coefficient (Wildman–Crippen LogP) is 3.85. The molecule has 0 spiro atoms. The monoisotopic (exact) mass is 395 g/mol. The molecule has 0 radical (unpaired) electrons. The summed E-state index contributed by atoms with van der Waals surface area (Å²) in [6.45, 7) is 9.26. The first-order chi connectivity index (χ1) is 13.9. The molecule has 29 heavy (non-hydrogen) atoms. The van der Waals surface area contributed by atoms with Crippen LogP contribution >= 0.6 is 0 Å². The molecule has 0 atom stereocenters. The third-order valence-electron chi connectivity index (χ3n) is 5.08. The summed E-state index contributed by atoms with van der Waals surface area (Å²) < 4.78 is 1.98. The van der Waals surface area contributed by atoms with Gasteiger partial charge in [0.25, 0.3) is 11.6 Å². The highest BCUT2D eigenvalue weighted by molar-refractivity contribution is 6.04. The lowest BCUT2D eigenvalue weighted by Gasteiger charge is -2.19. The number of para-hydroxylation sites is 2. The van der Waals surface area contributed by atoms with Crippen LogP contribution in [-0.2, 0) is 6.54 Å². The average molecular weight is 395 g/mol. The van der Waals surface area contributed by atoms with Crippen molar-refractivity contribution in [3.8, 4) is 0 Å². The standard InChI is InChI=1S/C21H25N5O3/c1-4-24(5-2)12-13-25-18-9-7-6-8-17(18)22-21(25)23-20(27)16-11-10-15(3)19(14-16)26(28)29/h6-11,14H,4-5,12-13H2,1-3H3,(H,22,23,27). The number of carbonyl (C=O) groups excluding carboxylic acids is 1. The van der Waals surface area contributed by atoms with E-state index < -0.39 is 10.8 Å². The van der Waals surface area contributed by atoms with Gasteiger partial charge >= 0.3 is 0 Å². The number of nitro benzene ring substituents is 1. The summed E-state index contributed by atoms with van der Waals surface area (Å²) in [5.41, 5.74) is 2.39. The van der Waals surface area contributed by atoms with Crippen LogP contribution in [0.15, 0.2) is 42.5 Å². The number of amides is 1. The molecule has 3 aromatic rings. The second-order valence-corrected chi connectivity index (χ2v) is 6.82. The minimum Gasteiger partial charge on any atom is -0.309 e. The zero-order chi connectivity index (χ0) is 21.0. The van der Waals surface area contributed by atoms with Gasteiger partial charge in [0, 0.05) is 30.3 Å². The maximum Gasteiger partial charge on any atom is 0.273 e. The number of rotatable bonds is 8. The Bertz CT molecular complexity index is 1040. The lowest BCUT2D eigenvalue weighted by Crippen LogP contribution is -2.27. The molecule has 0 saturated heterocycles. The first kappa shape index (κ1) is 20.5. The highest BCUT2D eigenvalue weighted by atomic mass is 16.6. The van der Waals surface area contributed by atoms with Crippen LogP contribution < -0.4 is 5.32 Å². The van der Waals surface area contributed by atoms with E-state index in [0.717, 1.165) is 30.7 Å². The molecule has 8 nitrogen and oxygen atoms in total. The zero-order valence-corrected chi connectivity index (χ0v) is 16.9. The molecule has 0 aliphatic rings. The first-order valence-electron chi connectivity index (χ1n) is 9.68. The van der Waals surface area contributed by atoms with Crippen LogP contribution in [-0.4, -0.2) is 44.9 Å². The summed E-state index contributed by atoms with van der Waals surface area (Å²) >= 11 is 0. The Kier molecular flexibility index (Phi) is 6.23. The topological polar surface area (TPSA) is 93.3 Å². The van der Waals surface area contributed by atoms with Crippen molar-refractivity contribution >= 4 is 28.6 Å². The van der Waals surface area contributed by atoms with E-state index in [-0.39, 0.29) is 11.3 Å². The van der Waals surface area contributed by atoms with Crippen molar-refractivity contribution in [3.05, 3.63) is 63.7 Å². The number of likely N-dealkylation sites (N-methyl/N-ethyl adjacent to an activating group) is 1. The van der Waals surface area contributed by atoms with Crippen LogP contribution in [0, 0.1) is 17.0 Å². The molecule has 1 N–H and O–H groups in total. The van der Waals surface area contributed by atoms with Gasteiger partial charge in [0.15, 0.2) is 0 Å². The fraction of sp³-hybridized carbons (Fsp3) is 0.333. The van der Waals surface area contributed by atoms with E-state index in [4.69, 9.17) is 0 Å². The molecule has 152 valence electrons. The van der Waals surface area contributed by atoms with E-state index in [9.17, 15) is 14.9 Å². The van der Waals surface area contributed by atoms with Crippen LogP contribution in [0.2, 0.25) is 0 Å². The molecule has 3 rings (SSSR count). The number of carbonyl (C=O) groups is 1. The quantitative estimate of drug-likeness (QED) is 0.462. The van der Waals surface area contributed by atoms with Gasteiger partial charge in [0.1, 0.15) is 0 Å². The Labute approximate surface area is 169 Å². The maximum atomic E-state index is 12.8. The number of nitro groups is 1. The summed E-state index contributed by atoms with van der Waals surface area (Å²) in [6.07, 6.45) is 0. The third-order valence-corrected chi connectivity index (χ3v) is 5.08.